The molecule has 1 amide bonds. The number of aryl methyl sites for hydroxylation is 1. The Morgan fingerprint density at radius 1 is 1.00 bits per heavy atom. The number of carbonyl (C=O) groups is 1. The monoisotopic (exact) mass is 378 g/mol. The second kappa shape index (κ2) is 8.94. The van der Waals surface area contributed by atoms with Crippen molar-refractivity contribution < 1.29 is 4.79 Å². The topological polar surface area (TPSA) is 88.1 Å². The number of hydrogen-bond acceptors (Lipinski definition) is 4. The minimum Gasteiger partial charge on any atom is -0.332 e. The molecule has 7 heteroatoms. The lowest BCUT2D eigenvalue weighted by molar-refractivity contribution is -0.133. The van der Waals surface area contributed by atoms with Gasteiger partial charge in [0.15, 0.2) is 0 Å². The zero-order valence-electron chi connectivity index (χ0n) is 15.7. The van der Waals surface area contributed by atoms with Gasteiger partial charge in [-0.25, -0.2) is 4.68 Å². The first kappa shape index (κ1) is 19.3. The van der Waals surface area contributed by atoms with Gasteiger partial charge in [-0.2, -0.15) is 0 Å². The van der Waals surface area contributed by atoms with Crippen molar-refractivity contribution in [2.75, 3.05) is 0 Å². The van der Waals surface area contributed by atoms with Crippen LogP contribution in [-0.2, 0) is 30.8 Å². The van der Waals surface area contributed by atoms with E-state index in [2.05, 4.69) is 17.0 Å². The van der Waals surface area contributed by atoms with Crippen molar-refractivity contribution in [3.8, 4) is 0 Å². The molecule has 0 fully saturated rings. The van der Waals surface area contributed by atoms with Crippen LogP contribution in [0, 0.1) is 0 Å². The van der Waals surface area contributed by atoms with E-state index in [0.717, 1.165) is 34.4 Å². The number of nitrogens with zero attached hydrogens (tertiary/aromatic N) is 3. The van der Waals surface area contributed by atoms with E-state index in [9.17, 15) is 14.4 Å². The summed E-state index contributed by atoms with van der Waals surface area (Å²) in [6, 6.07) is 14.1. The molecule has 7 nitrogen and oxygen atoms in total. The predicted octanol–water partition coefficient (Wildman–Crippen LogP) is 1.72. The molecule has 0 atom stereocenters. The van der Waals surface area contributed by atoms with Crippen LogP contribution in [0.4, 0.5) is 0 Å². The summed E-state index contributed by atoms with van der Waals surface area (Å²) in [7, 11) is 0. The second-order valence-electron chi connectivity index (χ2n) is 6.51. The normalized spacial score (nSPS) is 10.6. The molecule has 0 aliphatic carbocycles. The molecule has 3 aromatic rings. The van der Waals surface area contributed by atoms with Crippen molar-refractivity contribution in [3.05, 3.63) is 98.3 Å². The smallest absolute Gasteiger partial charge is 0.265 e. The molecule has 1 N–H and O–H groups in total. The Balaban J connectivity index is 1.83. The van der Waals surface area contributed by atoms with Gasteiger partial charge in [-0.15, -0.1) is 0 Å². The highest BCUT2D eigenvalue weighted by Crippen LogP contribution is 2.12. The first-order valence-electron chi connectivity index (χ1n) is 9.10. The molecule has 0 bridgehead atoms. The lowest BCUT2D eigenvalue weighted by atomic mass is 10.1. The number of rotatable bonds is 7. The van der Waals surface area contributed by atoms with Crippen LogP contribution in [0.3, 0.4) is 0 Å². The third-order valence-electron chi connectivity index (χ3n) is 4.44. The van der Waals surface area contributed by atoms with Crippen LogP contribution in [0.25, 0.3) is 0 Å². The van der Waals surface area contributed by atoms with Crippen molar-refractivity contribution in [2.45, 2.75) is 33.0 Å². The molecule has 2 aromatic heterocycles. The number of carbonyl (C=O) groups excluding carboxylic acids is 1. The first-order chi connectivity index (χ1) is 13.5. The average Bonchev–Trinajstić information content (AvgIpc) is 2.71. The highest BCUT2D eigenvalue weighted by molar-refractivity contribution is 5.75. The van der Waals surface area contributed by atoms with Gasteiger partial charge in [-0.3, -0.25) is 24.5 Å². The molecule has 2 heterocycles. The molecule has 0 radical (unpaired) electrons. The van der Waals surface area contributed by atoms with Gasteiger partial charge in [0.2, 0.25) is 5.91 Å². The van der Waals surface area contributed by atoms with E-state index in [1.165, 1.54) is 5.56 Å². The number of nitrogens with one attached hydrogen (secondary N) is 1. The van der Waals surface area contributed by atoms with E-state index in [4.69, 9.17) is 0 Å². The maximum Gasteiger partial charge on any atom is 0.265 e. The minimum atomic E-state index is -0.429. The SMILES string of the molecule is CCc1ccc(CN(Cc2cccnc2)C(=O)Cn2[nH]c(=O)ccc2=O)cc1. The molecular weight excluding hydrogens is 356 g/mol. The summed E-state index contributed by atoms with van der Waals surface area (Å²) in [4.78, 5) is 42.1. The average molecular weight is 378 g/mol. The van der Waals surface area contributed by atoms with Gasteiger partial charge < -0.3 is 4.90 Å². The van der Waals surface area contributed by atoms with Crippen molar-refractivity contribution >= 4 is 5.91 Å². The van der Waals surface area contributed by atoms with Crippen LogP contribution < -0.4 is 11.1 Å². The van der Waals surface area contributed by atoms with Crippen LogP contribution in [0.5, 0.6) is 0 Å². The van der Waals surface area contributed by atoms with E-state index >= 15 is 0 Å². The zero-order chi connectivity index (χ0) is 19.9. The summed E-state index contributed by atoms with van der Waals surface area (Å²) >= 11 is 0. The van der Waals surface area contributed by atoms with Gasteiger partial charge in [0, 0.05) is 37.6 Å². The number of aromatic nitrogens is 3. The van der Waals surface area contributed by atoms with Gasteiger partial charge in [0.05, 0.1) is 0 Å². The lowest BCUT2D eigenvalue weighted by Gasteiger charge is -2.23. The van der Waals surface area contributed by atoms with Crippen molar-refractivity contribution in [1.29, 1.82) is 0 Å². The fourth-order valence-corrected chi connectivity index (χ4v) is 2.86. The number of benzene rings is 1. The maximum atomic E-state index is 12.9. The number of hydrogen-bond donors (Lipinski definition) is 1. The highest BCUT2D eigenvalue weighted by atomic mass is 16.2. The van der Waals surface area contributed by atoms with Crippen LogP contribution in [0.2, 0.25) is 0 Å². The minimum absolute atomic E-state index is 0.234. The Kier molecular flexibility index (Phi) is 6.16. The van der Waals surface area contributed by atoms with Crippen molar-refractivity contribution in [2.24, 2.45) is 0 Å². The lowest BCUT2D eigenvalue weighted by Crippen LogP contribution is -2.38. The number of amides is 1. The fraction of sp³-hybridized carbons (Fsp3) is 0.238. The Labute approximate surface area is 162 Å². The Hall–Kier alpha value is -3.48. The van der Waals surface area contributed by atoms with Gasteiger partial charge in [-0.1, -0.05) is 37.3 Å². The Bertz CT molecular complexity index is 1040. The molecule has 0 aliphatic heterocycles. The third kappa shape index (κ3) is 5.03. The number of aromatic amines is 1. The van der Waals surface area contributed by atoms with Crippen molar-refractivity contribution in [1.82, 2.24) is 19.7 Å². The number of H-pyrrole nitrogens is 1. The fourth-order valence-electron chi connectivity index (χ4n) is 2.86. The molecule has 0 saturated heterocycles. The molecule has 144 valence electrons. The van der Waals surface area contributed by atoms with Gasteiger partial charge in [0.25, 0.3) is 11.1 Å². The van der Waals surface area contributed by atoms with E-state index < -0.39 is 11.1 Å². The van der Waals surface area contributed by atoms with E-state index in [-0.39, 0.29) is 12.5 Å². The number of pyridine rings is 1. The standard InChI is InChI=1S/C21H22N4O3/c1-2-16-5-7-17(8-6-16)13-24(14-18-4-3-11-22-12-18)21(28)15-25-20(27)10-9-19(26)23-25/h3-12H,2,13-15H2,1H3,(H,23,26). The third-order valence-corrected chi connectivity index (χ3v) is 4.44. The molecule has 1 aromatic carbocycles. The predicted molar refractivity (Wildman–Crippen MR) is 106 cm³/mol. The molecule has 0 spiro atoms. The van der Waals surface area contributed by atoms with Gasteiger partial charge >= 0.3 is 0 Å². The molecule has 0 unspecified atom stereocenters. The van der Waals surface area contributed by atoms with E-state index in [0.29, 0.717) is 13.1 Å². The summed E-state index contributed by atoms with van der Waals surface area (Å²) < 4.78 is 1.03. The molecule has 0 saturated carbocycles. The second-order valence-corrected chi connectivity index (χ2v) is 6.51. The highest BCUT2D eigenvalue weighted by Gasteiger charge is 2.16. The Morgan fingerprint density at radius 2 is 1.71 bits per heavy atom. The van der Waals surface area contributed by atoms with Crippen LogP contribution >= 0.6 is 0 Å². The van der Waals surface area contributed by atoms with Gasteiger partial charge in [0.1, 0.15) is 6.54 Å². The van der Waals surface area contributed by atoms with Crippen LogP contribution in [-0.4, -0.2) is 25.6 Å². The molecule has 28 heavy (non-hydrogen) atoms. The van der Waals surface area contributed by atoms with Crippen molar-refractivity contribution in [3.63, 3.8) is 0 Å². The molecule has 0 aliphatic rings. The van der Waals surface area contributed by atoms with Gasteiger partial charge in [-0.05, 0) is 29.2 Å². The first-order valence-corrected chi connectivity index (χ1v) is 9.10. The van der Waals surface area contributed by atoms with Crippen LogP contribution in [0.15, 0.2) is 70.5 Å². The summed E-state index contributed by atoms with van der Waals surface area (Å²) in [5.74, 6) is -0.271. The molecular formula is C21H22N4O3. The molecule has 3 rings (SSSR count). The summed E-state index contributed by atoms with van der Waals surface area (Å²) in [6.07, 6.45) is 4.33. The maximum absolute atomic E-state index is 12.9. The Morgan fingerprint density at radius 3 is 2.39 bits per heavy atom. The van der Waals surface area contributed by atoms with E-state index in [1.807, 2.05) is 36.4 Å². The summed E-state index contributed by atoms with van der Waals surface area (Å²) in [5, 5.41) is 2.39. The summed E-state index contributed by atoms with van der Waals surface area (Å²) in [6.45, 7) is 2.60. The van der Waals surface area contributed by atoms with E-state index in [1.54, 1.807) is 17.3 Å². The zero-order valence-corrected chi connectivity index (χ0v) is 15.7. The largest absolute Gasteiger partial charge is 0.332 e. The summed E-state index contributed by atoms with van der Waals surface area (Å²) in [5.41, 5.74) is 2.24. The van der Waals surface area contributed by atoms with Crippen LogP contribution in [0.1, 0.15) is 23.6 Å². The quantitative estimate of drug-likeness (QED) is 0.678.